The summed E-state index contributed by atoms with van der Waals surface area (Å²) in [6.45, 7) is 4.16. The fourth-order valence-electron chi connectivity index (χ4n) is 3.78. The van der Waals surface area contributed by atoms with Gasteiger partial charge in [0.25, 0.3) is 0 Å². The molecule has 3 atom stereocenters. The highest BCUT2D eigenvalue weighted by Gasteiger charge is 2.20. The summed E-state index contributed by atoms with van der Waals surface area (Å²) < 4.78 is 0. The zero-order valence-electron chi connectivity index (χ0n) is 17.8. The van der Waals surface area contributed by atoms with Crippen molar-refractivity contribution >= 4 is 0 Å². The highest BCUT2D eigenvalue weighted by molar-refractivity contribution is 4.72. The fourth-order valence-corrected chi connectivity index (χ4v) is 3.78. The van der Waals surface area contributed by atoms with Crippen molar-refractivity contribution in [2.24, 2.45) is 5.92 Å². The first-order valence-corrected chi connectivity index (χ1v) is 11.6. The number of aliphatic hydroxyl groups is 3. The highest BCUT2D eigenvalue weighted by atomic mass is 16.4. The first-order chi connectivity index (χ1) is 12.7. The van der Waals surface area contributed by atoms with Gasteiger partial charge in [-0.1, -0.05) is 117 Å². The van der Waals surface area contributed by atoms with E-state index in [1.165, 1.54) is 89.9 Å². The average Bonchev–Trinajstić information content (AvgIpc) is 2.65. The standard InChI is InChI=1S/C23H48O3/c1-3-5-7-9-11-12-14-16-18-21(19-22(25)23(26)20-24)17-15-13-10-8-6-4-2/h21-26H,3-20H2,1-2H3. The van der Waals surface area contributed by atoms with Gasteiger partial charge in [0.1, 0.15) is 6.10 Å². The molecule has 0 spiro atoms. The van der Waals surface area contributed by atoms with Crippen LogP contribution in [-0.2, 0) is 0 Å². The zero-order valence-corrected chi connectivity index (χ0v) is 17.8. The minimum Gasteiger partial charge on any atom is -0.394 e. The Hall–Kier alpha value is -0.120. The monoisotopic (exact) mass is 372 g/mol. The van der Waals surface area contributed by atoms with Crippen LogP contribution in [0.2, 0.25) is 0 Å². The molecule has 3 N–H and O–H groups in total. The van der Waals surface area contributed by atoms with Gasteiger partial charge in [-0.2, -0.15) is 0 Å². The number of aliphatic hydroxyl groups excluding tert-OH is 3. The lowest BCUT2D eigenvalue weighted by Crippen LogP contribution is -2.31. The third-order valence-electron chi connectivity index (χ3n) is 5.64. The normalized spacial score (nSPS) is 15.1. The summed E-state index contributed by atoms with van der Waals surface area (Å²) in [5, 5.41) is 28.8. The lowest BCUT2D eigenvalue weighted by molar-refractivity contribution is -0.0261. The molecule has 0 saturated heterocycles. The Morgan fingerprint density at radius 2 is 0.923 bits per heavy atom. The summed E-state index contributed by atoms with van der Waals surface area (Å²) in [5.41, 5.74) is 0. The van der Waals surface area contributed by atoms with Gasteiger partial charge in [0.05, 0.1) is 12.7 Å². The van der Waals surface area contributed by atoms with Gasteiger partial charge in [-0.25, -0.2) is 0 Å². The van der Waals surface area contributed by atoms with Crippen LogP contribution in [0.5, 0.6) is 0 Å². The predicted molar refractivity (Wildman–Crippen MR) is 112 cm³/mol. The van der Waals surface area contributed by atoms with Crippen LogP contribution in [0.4, 0.5) is 0 Å². The summed E-state index contributed by atoms with van der Waals surface area (Å²) in [6.07, 6.45) is 19.6. The van der Waals surface area contributed by atoms with Gasteiger partial charge in [-0.15, -0.1) is 0 Å². The second kappa shape index (κ2) is 19.6. The molecule has 3 heteroatoms. The van der Waals surface area contributed by atoms with Crippen molar-refractivity contribution in [2.45, 2.75) is 135 Å². The summed E-state index contributed by atoms with van der Waals surface area (Å²) in [6, 6.07) is 0. The van der Waals surface area contributed by atoms with E-state index in [4.69, 9.17) is 5.11 Å². The van der Waals surface area contributed by atoms with Crippen LogP contribution >= 0.6 is 0 Å². The second-order valence-corrected chi connectivity index (χ2v) is 8.24. The van der Waals surface area contributed by atoms with Gasteiger partial charge in [0, 0.05) is 0 Å². The fraction of sp³-hybridized carbons (Fsp3) is 1.00. The Kier molecular flexibility index (Phi) is 19.5. The molecule has 0 fully saturated rings. The van der Waals surface area contributed by atoms with Crippen molar-refractivity contribution in [3.63, 3.8) is 0 Å². The lowest BCUT2D eigenvalue weighted by Gasteiger charge is -2.23. The quantitative estimate of drug-likeness (QED) is 0.230. The molecule has 0 bridgehead atoms. The van der Waals surface area contributed by atoms with Crippen LogP contribution in [0.3, 0.4) is 0 Å². The van der Waals surface area contributed by atoms with Crippen molar-refractivity contribution in [3.05, 3.63) is 0 Å². The zero-order chi connectivity index (χ0) is 19.5. The van der Waals surface area contributed by atoms with E-state index >= 15 is 0 Å². The summed E-state index contributed by atoms with van der Waals surface area (Å²) in [5.74, 6) is 0.484. The van der Waals surface area contributed by atoms with Crippen molar-refractivity contribution < 1.29 is 15.3 Å². The molecule has 0 aromatic heterocycles. The summed E-state index contributed by atoms with van der Waals surface area (Å²) in [4.78, 5) is 0. The first-order valence-electron chi connectivity index (χ1n) is 11.6. The molecular weight excluding hydrogens is 324 g/mol. The molecule has 0 aliphatic rings. The molecule has 0 radical (unpaired) electrons. The smallest absolute Gasteiger partial charge is 0.103 e. The molecule has 3 nitrogen and oxygen atoms in total. The maximum absolute atomic E-state index is 10.1. The summed E-state index contributed by atoms with van der Waals surface area (Å²) >= 11 is 0. The van der Waals surface area contributed by atoms with Gasteiger partial charge >= 0.3 is 0 Å². The van der Waals surface area contributed by atoms with Crippen molar-refractivity contribution in [1.82, 2.24) is 0 Å². The van der Waals surface area contributed by atoms with Gasteiger partial charge < -0.3 is 15.3 Å². The molecule has 3 unspecified atom stereocenters. The van der Waals surface area contributed by atoms with Crippen LogP contribution in [0.25, 0.3) is 0 Å². The number of unbranched alkanes of at least 4 members (excludes halogenated alkanes) is 12. The highest BCUT2D eigenvalue weighted by Crippen LogP contribution is 2.24. The van der Waals surface area contributed by atoms with E-state index in [1.807, 2.05) is 0 Å². The Morgan fingerprint density at radius 3 is 1.31 bits per heavy atom. The van der Waals surface area contributed by atoms with Crippen LogP contribution in [0.1, 0.15) is 123 Å². The lowest BCUT2D eigenvalue weighted by atomic mass is 9.88. The van der Waals surface area contributed by atoms with E-state index in [-0.39, 0.29) is 6.61 Å². The Bertz CT molecular complexity index is 270. The topological polar surface area (TPSA) is 60.7 Å². The van der Waals surface area contributed by atoms with Crippen LogP contribution in [0, 0.1) is 5.92 Å². The predicted octanol–water partition coefficient (Wildman–Crippen LogP) is 5.99. The molecule has 0 aliphatic heterocycles. The molecule has 0 aliphatic carbocycles. The molecule has 0 saturated carbocycles. The van der Waals surface area contributed by atoms with Gasteiger partial charge in [0.2, 0.25) is 0 Å². The van der Waals surface area contributed by atoms with Gasteiger partial charge in [-0.3, -0.25) is 0 Å². The van der Waals surface area contributed by atoms with Gasteiger partial charge in [-0.05, 0) is 12.3 Å². The second-order valence-electron chi connectivity index (χ2n) is 8.24. The molecule has 0 aromatic carbocycles. The third-order valence-corrected chi connectivity index (χ3v) is 5.64. The maximum atomic E-state index is 10.1. The molecule has 0 amide bonds. The Labute approximate surface area is 163 Å². The van der Waals surface area contributed by atoms with E-state index in [2.05, 4.69) is 13.8 Å². The van der Waals surface area contributed by atoms with Gasteiger partial charge in [0.15, 0.2) is 0 Å². The molecule has 0 heterocycles. The van der Waals surface area contributed by atoms with Crippen LogP contribution in [0.15, 0.2) is 0 Å². The van der Waals surface area contributed by atoms with E-state index in [0.717, 1.165) is 12.8 Å². The minimum atomic E-state index is -0.986. The molecular formula is C23H48O3. The number of hydrogen-bond acceptors (Lipinski definition) is 3. The third kappa shape index (κ3) is 16.1. The minimum absolute atomic E-state index is 0.345. The molecule has 0 aromatic rings. The largest absolute Gasteiger partial charge is 0.394 e. The molecule has 158 valence electrons. The molecule has 0 rings (SSSR count). The van der Waals surface area contributed by atoms with E-state index < -0.39 is 12.2 Å². The number of hydrogen-bond donors (Lipinski definition) is 3. The average molecular weight is 373 g/mol. The summed E-state index contributed by atoms with van der Waals surface area (Å²) in [7, 11) is 0. The van der Waals surface area contributed by atoms with Crippen molar-refractivity contribution in [2.75, 3.05) is 6.61 Å². The Morgan fingerprint density at radius 1 is 0.538 bits per heavy atom. The van der Waals surface area contributed by atoms with Crippen LogP contribution in [-0.4, -0.2) is 34.1 Å². The molecule has 26 heavy (non-hydrogen) atoms. The number of rotatable bonds is 20. The van der Waals surface area contributed by atoms with E-state index in [0.29, 0.717) is 12.3 Å². The van der Waals surface area contributed by atoms with Crippen molar-refractivity contribution in [3.8, 4) is 0 Å². The first kappa shape index (κ1) is 25.9. The van der Waals surface area contributed by atoms with Crippen LogP contribution < -0.4 is 0 Å². The SMILES string of the molecule is CCCCCCCCCCC(CCCCCCCC)CC(O)C(O)CO. The van der Waals surface area contributed by atoms with Crippen molar-refractivity contribution in [1.29, 1.82) is 0 Å². The van der Waals surface area contributed by atoms with E-state index in [9.17, 15) is 10.2 Å². The Balaban J connectivity index is 3.96. The van der Waals surface area contributed by atoms with E-state index in [1.54, 1.807) is 0 Å². The maximum Gasteiger partial charge on any atom is 0.103 e.